The number of hydrogen-bond acceptors (Lipinski definition) is 4. The topological polar surface area (TPSA) is 48.3 Å². The summed E-state index contributed by atoms with van der Waals surface area (Å²) in [6, 6.07) is 6.28. The van der Waals surface area contributed by atoms with Crippen LogP contribution in [0, 0.1) is 13.8 Å². The lowest BCUT2D eigenvalue weighted by atomic mass is 10.2. The van der Waals surface area contributed by atoms with Crippen LogP contribution in [-0.2, 0) is 4.74 Å². The van der Waals surface area contributed by atoms with Crippen molar-refractivity contribution in [2.45, 2.75) is 26.8 Å². The Labute approximate surface area is 125 Å². The summed E-state index contributed by atoms with van der Waals surface area (Å²) in [4.78, 5) is 4.55. The molecule has 21 heavy (non-hydrogen) atoms. The molecule has 2 aromatic rings. The van der Waals surface area contributed by atoms with E-state index in [9.17, 15) is 0 Å². The number of aromatic nitrogens is 2. The van der Waals surface area contributed by atoms with Gasteiger partial charge in [-0.1, -0.05) is 0 Å². The minimum atomic E-state index is 0.190. The highest BCUT2D eigenvalue weighted by molar-refractivity contribution is 5.48. The summed E-state index contributed by atoms with van der Waals surface area (Å²) in [5.41, 5.74) is 3.12. The van der Waals surface area contributed by atoms with Gasteiger partial charge in [0.1, 0.15) is 5.75 Å². The average molecular weight is 289 g/mol. The van der Waals surface area contributed by atoms with Crippen LogP contribution >= 0.6 is 0 Å². The van der Waals surface area contributed by atoms with Gasteiger partial charge in [0.05, 0.1) is 19.4 Å². The van der Waals surface area contributed by atoms with Crippen molar-refractivity contribution in [3.63, 3.8) is 0 Å². The number of ether oxygens (including phenoxy) is 2. The number of nitrogens with one attached hydrogen (secondary N) is 1. The van der Waals surface area contributed by atoms with Gasteiger partial charge in [0.2, 0.25) is 5.95 Å². The summed E-state index contributed by atoms with van der Waals surface area (Å²) in [5, 5.41) is 3.37. The molecule has 0 aliphatic carbocycles. The molecule has 1 atom stereocenters. The van der Waals surface area contributed by atoms with E-state index in [1.807, 2.05) is 36.7 Å². The highest BCUT2D eigenvalue weighted by atomic mass is 16.5. The number of aryl methyl sites for hydroxylation is 2. The second-order valence-corrected chi connectivity index (χ2v) is 5.23. The zero-order valence-corrected chi connectivity index (χ0v) is 13.3. The quantitative estimate of drug-likeness (QED) is 0.888. The molecular weight excluding hydrogens is 266 g/mol. The molecule has 0 amide bonds. The van der Waals surface area contributed by atoms with Crippen LogP contribution in [0.15, 0.2) is 24.4 Å². The Morgan fingerprint density at radius 1 is 1.29 bits per heavy atom. The van der Waals surface area contributed by atoms with Crippen molar-refractivity contribution >= 4 is 5.95 Å². The van der Waals surface area contributed by atoms with E-state index in [1.165, 1.54) is 0 Å². The number of nitrogens with zero attached hydrogens (tertiary/aromatic N) is 2. The monoisotopic (exact) mass is 289 g/mol. The minimum absolute atomic E-state index is 0.190. The minimum Gasteiger partial charge on any atom is -0.496 e. The van der Waals surface area contributed by atoms with Gasteiger partial charge in [-0.3, -0.25) is 4.57 Å². The third-order valence-corrected chi connectivity index (χ3v) is 3.28. The zero-order valence-electron chi connectivity index (χ0n) is 13.3. The van der Waals surface area contributed by atoms with Gasteiger partial charge in [-0.25, -0.2) is 4.98 Å². The predicted molar refractivity (Wildman–Crippen MR) is 84.6 cm³/mol. The molecule has 0 fully saturated rings. The number of benzene rings is 1. The first-order valence-corrected chi connectivity index (χ1v) is 7.01. The molecule has 2 rings (SSSR count). The Kier molecular flexibility index (Phi) is 4.85. The molecular formula is C16H23N3O2. The van der Waals surface area contributed by atoms with Crippen molar-refractivity contribution in [3.8, 4) is 11.4 Å². The number of anilines is 1. The molecule has 1 unspecified atom stereocenters. The van der Waals surface area contributed by atoms with Crippen LogP contribution in [0.25, 0.3) is 5.69 Å². The van der Waals surface area contributed by atoms with Gasteiger partial charge in [0, 0.05) is 25.0 Å². The van der Waals surface area contributed by atoms with Gasteiger partial charge in [0.25, 0.3) is 0 Å². The van der Waals surface area contributed by atoms with E-state index in [2.05, 4.69) is 23.3 Å². The van der Waals surface area contributed by atoms with E-state index < -0.39 is 0 Å². The summed E-state index contributed by atoms with van der Waals surface area (Å²) in [7, 11) is 3.38. The fourth-order valence-electron chi connectivity index (χ4n) is 2.32. The van der Waals surface area contributed by atoms with E-state index in [1.54, 1.807) is 14.2 Å². The fourth-order valence-corrected chi connectivity index (χ4v) is 2.32. The molecule has 0 saturated carbocycles. The van der Waals surface area contributed by atoms with Crippen LogP contribution in [0.5, 0.6) is 5.75 Å². The van der Waals surface area contributed by atoms with Crippen molar-refractivity contribution in [2.24, 2.45) is 0 Å². The Balaban J connectivity index is 2.33. The van der Waals surface area contributed by atoms with E-state index in [0.29, 0.717) is 6.61 Å². The number of methoxy groups -OCH3 is 2. The summed E-state index contributed by atoms with van der Waals surface area (Å²) < 4.78 is 12.5. The normalized spacial score (nSPS) is 12.2. The zero-order chi connectivity index (χ0) is 15.4. The van der Waals surface area contributed by atoms with Crippen LogP contribution in [0.4, 0.5) is 5.95 Å². The lowest BCUT2D eigenvalue weighted by Gasteiger charge is -2.16. The maximum atomic E-state index is 5.31. The lowest BCUT2D eigenvalue weighted by Crippen LogP contribution is -2.22. The van der Waals surface area contributed by atoms with E-state index in [0.717, 1.165) is 28.6 Å². The second kappa shape index (κ2) is 6.63. The first-order valence-electron chi connectivity index (χ1n) is 7.01. The summed E-state index contributed by atoms with van der Waals surface area (Å²) in [6.45, 7) is 6.72. The van der Waals surface area contributed by atoms with Crippen molar-refractivity contribution in [1.29, 1.82) is 0 Å². The summed E-state index contributed by atoms with van der Waals surface area (Å²) >= 11 is 0. The van der Waals surface area contributed by atoms with Crippen LogP contribution < -0.4 is 10.1 Å². The third-order valence-electron chi connectivity index (χ3n) is 3.28. The van der Waals surface area contributed by atoms with Crippen molar-refractivity contribution in [1.82, 2.24) is 9.55 Å². The summed E-state index contributed by atoms with van der Waals surface area (Å²) in [5.74, 6) is 1.71. The van der Waals surface area contributed by atoms with Gasteiger partial charge in [0.15, 0.2) is 0 Å². The largest absolute Gasteiger partial charge is 0.496 e. The Hall–Kier alpha value is -2.01. The molecule has 0 aliphatic rings. The Bertz CT molecular complexity index is 608. The van der Waals surface area contributed by atoms with Crippen LogP contribution in [0.2, 0.25) is 0 Å². The van der Waals surface area contributed by atoms with Gasteiger partial charge in [-0.15, -0.1) is 0 Å². The van der Waals surface area contributed by atoms with Crippen LogP contribution in [0.1, 0.15) is 18.2 Å². The highest BCUT2D eigenvalue weighted by Gasteiger charge is 2.11. The third kappa shape index (κ3) is 3.55. The molecule has 114 valence electrons. The van der Waals surface area contributed by atoms with E-state index in [-0.39, 0.29) is 6.04 Å². The van der Waals surface area contributed by atoms with Gasteiger partial charge >= 0.3 is 0 Å². The Morgan fingerprint density at radius 2 is 2.05 bits per heavy atom. The molecule has 1 heterocycles. The van der Waals surface area contributed by atoms with Gasteiger partial charge in [-0.2, -0.15) is 0 Å². The molecule has 1 aromatic carbocycles. The average Bonchev–Trinajstić information content (AvgIpc) is 2.79. The molecule has 0 radical (unpaired) electrons. The molecule has 0 spiro atoms. The Morgan fingerprint density at radius 3 is 2.67 bits per heavy atom. The first kappa shape index (κ1) is 15.4. The lowest BCUT2D eigenvalue weighted by molar-refractivity contribution is 0.190. The summed E-state index contributed by atoms with van der Waals surface area (Å²) in [6.07, 6.45) is 2.02. The van der Waals surface area contributed by atoms with Crippen molar-refractivity contribution < 1.29 is 9.47 Å². The van der Waals surface area contributed by atoms with Crippen molar-refractivity contribution in [3.05, 3.63) is 35.7 Å². The SMILES string of the molecule is COCC(C)Nc1nc(C)cn1-c1ccc(OC)c(C)c1. The molecule has 1 N–H and O–H groups in total. The number of imidazole rings is 1. The second-order valence-electron chi connectivity index (χ2n) is 5.23. The first-order chi connectivity index (χ1) is 10.0. The van der Waals surface area contributed by atoms with E-state index in [4.69, 9.17) is 9.47 Å². The predicted octanol–water partition coefficient (Wildman–Crippen LogP) is 2.94. The maximum absolute atomic E-state index is 5.31. The standard InChI is InChI=1S/C16H23N3O2/c1-11-8-14(6-7-15(11)21-5)19-9-12(2)17-16(19)18-13(3)10-20-4/h6-9,13H,10H2,1-5H3,(H,17,18). The molecule has 0 saturated heterocycles. The maximum Gasteiger partial charge on any atom is 0.208 e. The number of rotatable bonds is 6. The van der Waals surface area contributed by atoms with Crippen LogP contribution in [-0.4, -0.2) is 36.4 Å². The molecule has 5 nitrogen and oxygen atoms in total. The van der Waals surface area contributed by atoms with Gasteiger partial charge < -0.3 is 14.8 Å². The number of hydrogen-bond donors (Lipinski definition) is 1. The van der Waals surface area contributed by atoms with Gasteiger partial charge in [-0.05, 0) is 44.5 Å². The molecule has 5 heteroatoms. The highest BCUT2D eigenvalue weighted by Crippen LogP contribution is 2.23. The smallest absolute Gasteiger partial charge is 0.208 e. The molecule has 1 aromatic heterocycles. The van der Waals surface area contributed by atoms with Crippen molar-refractivity contribution in [2.75, 3.05) is 26.1 Å². The van der Waals surface area contributed by atoms with Crippen LogP contribution in [0.3, 0.4) is 0 Å². The fraction of sp³-hybridized carbons (Fsp3) is 0.438. The molecule has 0 aliphatic heterocycles. The van der Waals surface area contributed by atoms with E-state index >= 15 is 0 Å². The molecule has 0 bridgehead atoms.